The van der Waals surface area contributed by atoms with Crippen molar-refractivity contribution in [2.24, 2.45) is 5.73 Å². The van der Waals surface area contributed by atoms with E-state index in [1.165, 1.54) is 0 Å². The molecule has 1 aliphatic rings. The van der Waals surface area contributed by atoms with Gasteiger partial charge in [0.15, 0.2) is 0 Å². The molecular weight excluding hydrogens is 190 g/mol. The summed E-state index contributed by atoms with van der Waals surface area (Å²) in [4.78, 5) is 2.30. The fraction of sp³-hybridized carbons (Fsp3) is 0.909. The van der Waals surface area contributed by atoms with Crippen molar-refractivity contribution in [3.63, 3.8) is 0 Å². The largest absolute Gasteiger partial charge is 0.381 e. The molecule has 2 N–H and O–H groups in total. The summed E-state index contributed by atoms with van der Waals surface area (Å²) >= 11 is 0. The lowest BCUT2D eigenvalue weighted by Crippen LogP contribution is -2.42. The van der Waals surface area contributed by atoms with Gasteiger partial charge in [-0.25, -0.2) is 0 Å². The molecule has 0 aliphatic carbocycles. The molecule has 0 bridgehead atoms. The molecule has 0 radical (unpaired) electrons. The summed E-state index contributed by atoms with van der Waals surface area (Å²) in [5.74, 6) is 0. The molecule has 0 aromatic rings. The fourth-order valence-electron chi connectivity index (χ4n) is 1.77. The van der Waals surface area contributed by atoms with Gasteiger partial charge in [0.05, 0.1) is 6.07 Å². The highest BCUT2D eigenvalue weighted by atomic mass is 16.5. The van der Waals surface area contributed by atoms with Crippen LogP contribution in [0.25, 0.3) is 0 Å². The van der Waals surface area contributed by atoms with E-state index in [4.69, 9.17) is 15.7 Å². The van der Waals surface area contributed by atoms with Gasteiger partial charge in [-0.1, -0.05) is 0 Å². The van der Waals surface area contributed by atoms with E-state index in [-0.39, 0.29) is 0 Å². The Morgan fingerprint density at radius 1 is 1.53 bits per heavy atom. The first-order valence-electron chi connectivity index (χ1n) is 5.53. The van der Waals surface area contributed by atoms with Gasteiger partial charge >= 0.3 is 0 Å². The summed E-state index contributed by atoms with van der Waals surface area (Å²) in [5, 5.41) is 8.80. The standard InChI is InChI=1S/C11H21N3O/c1-11(13,9-12)5-6-14(2)10-3-7-15-8-4-10/h10H,3-8,13H2,1-2H3. The summed E-state index contributed by atoms with van der Waals surface area (Å²) < 4.78 is 5.31. The van der Waals surface area contributed by atoms with Gasteiger partial charge in [-0.2, -0.15) is 5.26 Å². The topological polar surface area (TPSA) is 62.3 Å². The number of nitrogens with zero attached hydrogens (tertiary/aromatic N) is 2. The summed E-state index contributed by atoms with van der Waals surface area (Å²) in [5.41, 5.74) is 5.09. The molecule has 0 aromatic carbocycles. The molecule has 0 aromatic heterocycles. The third-order valence-electron chi connectivity index (χ3n) is 3.05. The Hall–Kier alpha value is -0.630. The second kappa shape index (κ2) is 5.45. The van der Waals surface area contributed by atoms with E-state index in [2.05, 4.69) is 18.0 Å². The molecule has 86 valence electrons. The van der Waals surface area contributed by atoms with Crippen molar-refractivity contribution in [2.45, 2.75) is 37.8 Å². The van der Waals surface area contributed by atoms with Gasteiger partial charge in [0.25, 0.3) is 0 Å². The summed E-state index contributed by atoms with van der Waals surface area (Å²) in [6.07, 6.45) is 2.89. The molecule has 1 heterocycles. The number of rotatable bonds is 4. The average molecular weight is 211 g/mol. The molecule has 0 saturated carbocycles. The zero-order chi connectivity index (χ0) is 11.3. The first-order valence-corrected chi connectivity index (χ1v) is 5.53. The van der Waals surface area contributed by atoms with Gasteiger partial charge in [-0.15, -0.1) is 0 Å². The molecule has 15 heavy (non-hydrogen) atoms. The van der Waals surface area contributed by atoms with Crippen LogP contribution < -0.4 is 5.73 Å². The van der Waals surface area contributed by atoms with Gasteiger partial charge in [0.1, 0.15) is 5.54 Å². The van der Waals surface area contributed by atoms with E-state index < -0.39 is 5.54 Å². The minimum atomic E-state index is -0.695. The van der Waals surface area contributed by atoms with Crippen LogP contribution in [0.5, 0.6) is 0 Å². The summed E-state index contributed by atoms with van der Waals surface area (Å²) in [6.45, 7) is 4.37. The molecule has 1 rings (SSSR count). The molecular formula is C11H21N3O. The van der Waals surface area contributed by atoms with Crippen molar-refractivity contribution >= 4 is 0 Å². The Labute approximate surface area is 92.0 Å². The van der Waals surface area contributed by atoms with Crippen LogP contribution in [0.4, 0.5) is 0 Å². The lowest BCUT2D eigenvalue weighted by Gasteiger charge is -2.32. The minimum absolute atomic E-state index is 0.591. The second-order valence-corrected chi connectivity index (χ2v) is 4.60. The van der Waals surface area contributed by atoms with Gasteiger partial charge in [0, 0.05) is 25.8 Å². The van der Waals surface area contributed by atoms with Crippen molar-refractivity contribution in [1.82, 2.24) is 4.90 Å². The van der Waals surface area contributed by atoms with Crippen LogP contribution in [0.3, 0.4) is 0 Å². The zero-order valence-corrected chi connectivity index (χ0v) is 9.70. The van der Waals surface area contributed by atoms with Crippen LogP contribution in [0.2, 0.25) is 0 Å². The Morgan fingerprint density at radius 2 is 2.13 bits per heavy atom. The minimum Gasteiger partial charge on any atom is -0.381 e. The van der Waals surface area contributed by atoms with Crippen LogP contribution in [-0.2, 0) is 4.74 Å². The molecule has 1 fully saturated rings. The van der Waals surface area contributed by atoms with E-state index in [9.17, 15) is 0 Å². The molecule has 1 aliphatic heterocycles. The van der Waals surface area contributed by atoms with Crippen LogP contribution in [0, 0.1) is 11.3 Å². The van der Waals surface area contributed by atoms with E-state index in [1.807, 2.05) is 0 Å². The first-order chi connectivity index (χ1) is 7.05. The predicted molar refractivity (Wildman–Crippen MR) is 59.3 cm³/mol. The Balaban J connectivity index is 2.29. The number of ether oxygens (including phenoxy) is 1. The number of hydrogen-bond donors (Lipinski definition) is 1. The third kappa shape index (κ3) is 4.17. The summed E-state index contributed by atoms with van der Waals surface area (Å²) in [7, 11) is 2.10. The van der Waals surface area contributed by atoms with E-state index in [0.717, 1.165) is 39.0 Å². The maximum absolute atomic E-state index is 8.80. The Kier molecular flexibility index (Phi) is 4.52. The lowest BCUT2D eigenvalue weighted by molar-refractivity contribution is 0.0418. The number of nitrogens with two attached hydrogens (primary N) is 1. The second-order valence-electron chi connectivity index (χ2n) is 4.60. The molecule has 1 atom stereocenters. The normalized spacial score (nSPS) is 22.3. The van der Waals surface area contributed by atoms with Crippen molar-refractivity contribution < 1.29 is 4.74 Å². The maximum atomic E-state index is 8.80. The molecule has 1 saturated heterocycles. The number of nitriles is 1. The van der Waals surface area contributed by atoms with Crippen molar-refractivity contribution in [2.75, 3.05) is 26.8 Å². The molecule has 4 heteroatoms. The van der Waals surface area contributed by atoms with Crippen molar-refractivity contribution in [3.8, 4) is 6.07 Å². The SMILES string of the molecule is CN(CCC(C)(N)C#N)C1CCOCC1. The highest BCUT2D eigenvalue weighted by molar-refractivity contribution is 5.01. The zero-order valence-electron chi connectivity index (χ0n) is 9.70. The van der Waals surface area contributed by atoms with E-state index in [1.54, 1.807) is 6.92 Å². The maximum Gasteiger partial charge on any atom is 0.102 e. The van der Waals surface area contributed by atoms with Crippen LogP contribution >= 0.6 is 0 Å². The van der Waals surface area contributed by atoms with Crippen LogP contribution in [0.15, 0.2) is 0 Å². The molecule has 4 nitrogen and oxygen atoms in total. The van der Waals surface area contributed by atoms with Gasteiger partial charge in [-0.3, -0.25) is 0 Å². The van der Waals surface area contributed by atoms with E-state index in [0.29, 0.717) is 6.04 Å². The van der Waals surface area contributed by atoms with Crippen LogP contribution in [0.1, 0.15) is 26.2 Å². The van der Waals surface area contributed by atoms with Crippen molar-refractivity contribution in [3.05, 3.63) is 0 Å². The van der Waals surface area contributed by atoms with Crippen molar-refractivity contribution in [1.29, 1.82) is 5.26 Å². The lowest BCUT2D eigenvalue weighted by atomic mass is 10.00. The molecule has 0 spiro atoms. The van der Waals surface area contributed by atoms with E-state index >= 15 is 0 Å². The monoisotopic (exact) mass is 211 g/mol. The average Bonchev–Trinajstić information content (AvgIpc) is 2.27. The summed E-state index contributed by atoms with van der Waals surface area (Å²) in [6, 6.07) is 2.72. The smallest absolute Gasteiger partial charge is 0.102 e. The van der Waals surface area contributed by atoms with Gasteiger partial charge < -0.3 is 15.4 Å². The molecule has 1 unspecified atom stereocenters. The van der Waals surface area contributed by atoms with Crippen LogP contribution in [-0.4, -0.2) is 43.3 Å². The predicted octanol–water partition coefficient (Wildman–Crippen LogP) is 0.728. The highest BCUT2D eigenvalue weighted by Crippen LogP contribution is 2.14. The van der Waals surface area contributed by atoms with Gasteiger partial charge in [0.2, 0.25) is 0 Å². The Morgan fingerprint density at radius 3 is 2.67 bits per heavy atom. The fourth-order valence-corrected chi connectivity index (χ4v) is 1.77. The quantitative estimate of drug-likeness (QED) is 0.744. The third-order valence-corrected chi connectivity index (χ3v) is 3.05. The van der Waals surface area contributed by atoms with Gasteiger partial charge in [-0.05, 0) is 33.2 Å². The molecule has 0 amide bonds. The highest BCUT2D eigenvalue weighted by Gasteiger charge is 2.22. The first kappa shape index (κ1) is 12.4. The number of hydrogen-bond acceptors (Lipinski definition) is 4. The Bertz CT molecular complexity index is 228.